The van der Waals surface area contributed by atoms with Gasteiger partial charge in [0.1, 0.15) is 5.69 Å². The van der Waals surface area contributed by atoms with Crippen LogP contribution in [0.1, 0.15) is 12.7 Å². The van der Waals surface area contributed by atoms with Gasteiger partial charge in [-0.2, -0.15) is 5.21 Å². The monoisotopic (exact) mass is 264 g/mol. The van der Waals surface area contributed by atoms with Gasteiger partial charge in [-0.25, -0.2) is 0 Å². The Balaban J connectivity index is 2.23. The van der Waals surface area contributed by atoms with Crippen molar-refractivity contribution < 1.29 is 9.66 Å². The molecule has 0 aliphatic heterocycles. The molecule has 2 rings (SSSR count). The summed E-state index contributed by atoms with van der Waals surface area (Å²) in [6.45, 7) is 2.35. The van der Waals surface area contributed by atoms with Gasteiger partial charge in [-0.05, 0) is 19.1 Å². The van der Waals surface area contributed by atoms with Crippen LogP contribution in [0.3, 0.4) is 0 Å². The number of rotatable bonds is 6. The lowest BCUT2D eigenvalue weighted by Gasteiger charge is -2.09. The fourth-order valence-corrected chi connectivity index (χ4v) is 1.56. The molecule has 19 heavy (non-hydrogen) atoms. The molecule has 0 aliphatic carbocycles. The summed E-state index contributed by atoms with van der Waals surface area (Å²) in [6, 6.07) is 4.83. The van der Waals surface area contributed by atoms with Crippen molar-refractivity contribution in [3.8, 4) is 5.75 Å². The first-order chi connectivity index (χ1) is 9.22. The van der Waals surface area contributed by atoms with E-state index in [1.165, 1.54) is 0 Å². The van der Waals surface area contributed by atoms with E-state index in [4.69, 9.17) is 4.74 Å². The van der Waals surface area contributed by atoms with Crippen molar-refractivity contribution in [1.29, 1.82) is 0 Å². The summed E-state index contributed by atoms with van der Waals surface area (Å²) in [5.41, 5.74) is 0.244. The molecule has 9 nitrogen and oxygen atoms in total. The van der Waals surface area contributed by atoms with E-state index in [9.17, 15) is 10.1 Å². The number of nitrogens with zero attached hydrogens (tertiary/aromatic N) is 4. The minimum atomic E-state index is -0.483. The van der Waals surface area contributed by atoms with Crippen LogP contribution in [0.15, 0.2) is 18.2 Å². The van der Waals surface area contributed by atoms with E-state index in [0.717, 1.165) is 0 Å². The number of nitrogens with one attached hydrogen (secondary N) is 2. The van der Waals surface area contributed by atoms with Crippen LogP contribution >= 0.6 is 0 Å². The summed E-state index contributed by atoms with van der Waals surface area (Å²) >= 11 is 0. The van der Waals surface area contributed by atoms with Crippen LogP contribution in [-0.4, -0.2) is 32.2 Å². The van der Waals surface area contributed by atoms with Crippen molar-refractivity contribution in [3.63, 3.8) is 0 Å². The highest BCUT2D eigenvalue weighted by Gasteiger charge is 2.20. The van der Waals surface area contributed by atoms with Crippen molar-refractivity contribution in [2.45, 2.75) is 13.5 Å². The van der Waals surface area contributed by atoms with Gasteiger partial charge in [0.05, 0.1) is 18.1 Å². The van der Waals surface area contributed by atoms with Crippen LogP contribution in [0, 0.1) is 10.1 Å². The van der Waals surface area contributed by atoms with Crippen molar-refractivity contribution in [2.75, 3.05) is 11.9 Å². The fourth-order valence-electron chi connectivity index (χ4n) is 1.56. The third kappa shape index (κ3) is 2.94. The first kappa shape index (κ1) is 12.7. The lowest BCUT2D eigenvalue weighted by molar-refractivity contribution is -0.384. The number of benzene rings is 1. The summed E-state index contributed by atoms with van der Waals surface area (Å²) in [5, 5.41) is 27.2. The number of nitro benzene ring substituents is 1. The summed E-state index contributed by atoms with van der Waals surface area (Å²) in [7, 11) is 0. The number of H-pyrrole nitrogens is 1. The van der Waals surface area contributed by atoms with E-state index in [2.05, 4.69) is 25.9 Å². The van der Waals surface area contributed by atoms with Crippen LogP contribution < -0.4 is 10.1 Å². The molecule has 0 saturated heterocycles. The third-order valence-electron chi connectivity index (χ3n) is 2.31. The molecule has 0 saturated carbocycles. The second-order valence-corrected chi connectivity index (χ2v) is 3.52. The van der Waals surface area contributed by atoms with E-state index in [-0.39, 0.29) is 18.0 Å². The molecule has 0 bridgehead atoms. The van der Waals surface area contributed by atoms with Gasteiger partial charge in [0.2, 0.25) is 0 Å². The van der Waals surface area contributed by atoms with Crippen LogP contribution in [0.2, 0.25) is 0 Å². The molecule has 1 heterocycles. The second kappa shape index (κ2) is 5.76. The molecule has 100 valence electrons. The number of ether oxygens (including phenoxy) is 1. The van der Waals surface area contributed by atoms with Crippen molar-refractivity contribution >= 4 is 11.4 Å². The Morgan fingerprint density at radius 2 is 2.37 bits per heavy atom. The molecule has 9 heteroatoms. The standard InChI is InChI=1S/C10H12N6O3/c1-2-19-8-5-3-4-7(10(8)16(17)18)11-6-9-12-14-15-13-9/h3-5,11H,2,6H2,1H3,(H,12,13,14,15). The van der Waals surface area contributed by atoms with Crippen LogP contribution in [0.5, 0.6) is 5.75 Å². The van der Waals surface area contributed by atoms with E-state index in [1.807, 2.05) is 0 Å². The van der Waals surface area contributed by atoms with E-state index < -0.39 is 4.92 Å². The van der Waals surface area contributed by atoms with Gasteiger partial charge < -0.3 is 10.1 Å². The largest absolute Gasteiger partial charge is 0.487 e. The number of aromatic amines is 1. The molecular weight excluding hydrogens is 252 g/mol. The number of hydrogen-bond acceptors (Lipinski definition) is 7. The highest BCUT2D eigenvalue weighted by molar-refractivity contribution is 5.68. The Labute approximate surface area is 108 Å². The van der Waals surface area contributed by atoms with Crippen LogP contribution in [-0.2, 0) is 6.54 Å². The fraction of sp³-hybridized carbons (Fsp3) is 0.300. The quantitative estimate of drug-likeness (QED) is 0.592. The van der Waals surface area contributed by atoms with Gasteiger partial charge in [0, 0.05) is 0 Å². The summed E-state index contributed by atoms with van der Waals surface area (Å²) in [4.78, 5) is 10.6. The molecule has 0 aliphatic rings. The molecule has 2 N–H and O–H groups in total. The minimum Gasteiger partial charge on any atom is -0.487 e. The zero-order valence-electron chi connectivity index (χ0n) is 10.2. The van der Waals surface area contributed by atoms with Gasteiger partial charge in [-0.3, -0.25) is 10.1 Å². The molecule has 0 atom stereocenters. The van der Waals surface area contributed by atoms with Crippen molar-refractivity contribution in [2.24, 2.45) is 0 Å². The number of aromatic nitrogens is 4. The summed E-state index contributed by atoms with van der Waals surface area (Å²) in [5.74, 6) is 0.640. The van der Waals surface area contributed by atoms with Gasteiger partial charge in [0.25, 0.3) is 0 Å². The Hall–Kier alpha value is -2.71. The third-order valence-corrected chi connectivity index (χ3v) is 2.31. The van der Waals surface area contributed by atoms with E-state index in [0.29, 0.717) is 18.1 Å². The normalized spacial score (nSPS) is 10.2. The van der Waals surface area contributed by atoms with Gasteiger partial charge in [0.15, 0.2) is 11.6 Å². The molecule has 0 amide bonds. The van der Waals surface area contributed by atoms with E-state index >= 15 is 0 Å². The number of para-hydroxylation sites is 1. The summed E-state index contributed by atoms with van der Waals surface area (Å²) in [6.07, 6.45) is 0. The molecule has 1 aromatic carbocycles. The predicted octanol–water partition coefficient (Wildman–Crippen LogP) is 1.12. The average Bonchev–Trinajstić information content (AvgIpc) is 2.89. The zero-order valence-corrected chi connectivity index (χ0v) is 10.2. The molecule has 2 aromatic rings. The molecule has 0 fully saturated rings. The Morgan fingerprint density at radius 3 is 3.00 bits per heavy atom. The first-order valence-corrected chi connectivity index (χ1v) is 5.58. The minimum absolute atomic E-state index is 0.104. The average molecular weight is 264 g/mol. The number of tetrazole rings is 1. The van der Waals surface area contributed by atoms with Crippen LogP contribution in [0.25, 0.3) is 0 Å². The van der Waals surface area contributed by atoms with Gasteiger partial charge >= 0.3 is 5.69 Å². The van der Waals surface area contributed by atoms with Crippen molar-refractivity contribution in [3.05, 3.63) is 34.1 Å². The second-order valence-electron chi connectivity index (χ2n) is 3.52. The lowest BCUT2D eigenvalue weighted by atomic mass is 10.2. The highest BCUT2D eigenvalue weighted by Crippen LogP contribution is 2.34. The lowest BCUT2D eigenvalue weighted by Crippen LogP contribution is -2.06. The van der Waals surface area contributed by atoms with Crippen molar-refractivity contribution in [1.82, 2.24) is 20.6 Å². The Kier molecular flexibility index (Phi) is 3.86. The predicted molar refractivity (Wildman–Crippen MR) is 65.8 cm³/mol. The van der Waals surface area contributed by atoms with Gasteiger partial charge in [-0.15, -0.1) is 10.2 Å². The smallest absolute Gasteiger partial charge is 0.333 e. The number of anilines is 1. The highest BCUT2D eigenvalue weighted by atomic mass is 16.6. The zero-order chi connectivity index (χ0) is 13.7. The number of nitro groups is 1. The molecule has 0 unspecified atom stereocenters. The maximum absolute atomic E-state index is 11.1. The molecule has 0 spiro atoms. The SMILES string of the molecule is CCOc1cccc(NCc2nn[nH]n2)c1[N+](=O)[O-]. The van der Waals surface area contributed by atoms with E-state index in [1.54, 1.807) is 25.1 Å². The van der Waals surface area contributed by atoms with Crippen LogP contribution in [0.4, 0.5) is 11.4 Å². The Bertz CT molecular complexity index is 556. The maximum atomic E-state index is 11.1. The van der Waals surface area contributed by atoms with Gasteiger partial charge in [-0.1, -0.05) is 11.3 Å². The maximum Gasteiger partial charge on any atom is 0.333 e. The molecular formula is C10H12N6O3. The topological polar surface area (TPSA) is 119 Å². The molecule has 1 aromatic heterocycles. The molecule has 0 radical (unpaired) electrons. The Morgan fingerprint density at radius 1 is 1.53 bits per heavy atom. The summed E-state index contributed by atoms with van der Waals surface area (Å²) < 4.78 is 5.24. The number of hydrogen-bond donors (Lipinski definition) is 2. The first-order valence-electron chi connectivity index (χ1n) is 5.58.